The lowest BCUT2D eigenvalue weighted by molar-refractivity contribution is -0.277. The van der Waals surface area contributed by atoms with E-state index in [2.05, 4.69) is 9.51 Å². The maximum Gasteiger partial charge on any atom is 0.694 e. The van der Waals surface area contributed by atoms with Gasteiger partial charge in [-0.15, -0.1) is 9.42 Å². The van der Waals surface area contributed by atoms with E-state index in [1.165, 1.54) is 59.3 Å². The molecule has 8 unspecified atom stereocenters. The van der Waals surface area contributed by atoms with E-state index < -0.39 is 119 Å². The molecule has 0 aliphatic carbocycles. The highest BCUT2D eigenvalue weighted by Crippen LogP contribution is 2.51. The summed E-state index contributed by atoms with van der Waals surface area (Å²) in [4.78, 5) is 113. The van der Waals surface area contributed by atoms with Gasteiger partial charge in [0.1, 0.15) is 31.5 Å². The van der Waals surface area contributed by atoms with Crippen molar-refractivity contribution in [1.82, 2.24) is 24.0 Å². The monoisotopic (exact) mass is 932 g/mol. The molecular weight excluding hydrogens is 888 g/mol. The summed E-state index contributed by atoms with van der Waals surface area (Å²) in [7, 11) is -2.64. The van der Waals surface area contributed by atoms with E-state index in [0.717, 1.165) is 21.5 Å². The fourth-order valence-electron chi connectivity index (χ4n) is 6.18. The Morgan fingerprint density at radius 2 is 1.37 bits per heavy atom. The van der Waals surface area contributed by atoms with Crippen LogP contribution in [0.15, 0.2) is 43.7 Å². The SMILES string of the molecule is COc1cc(C(=O)N(C)CCOC(=O)CCC(=O)OC2C(COP(=O)(O)OC3C(CO[P+](=O)O)OC3n3cc(C)c(=O)[nH]c3=O)OC2n2cc(C)c(=O)[nH]c2=O)cc(OC)c1OC. The Morgan fingerprint density at radius 1 is 0.841 bits per heavy atom. The summed E-state index contributed by atoms with van der Waals surface area (Å²) in [5.41, 5.74) is -3.00. The average Bonchev–Trinajstić information content (AvgIpc) is 3.22. The molecule has 4 N–H and O–H groups in total. The number of aromatic nitrogens is 4. The van der Waals surface area contributed by atoms with Gasteiger partial charge < -0.3 is 43.0 Å². The highest BCUT2D eigenvalue weighted by molar-refractivity contribution is 7.47. The third-order valence-corrected chi connectivity index (χ3v) is 10.9. The molecule has 2 saturated heterocycles. The van der Waals surface area contributed by atoms with Crippen molar-refractivity contribution in [2.24, 2.45) is 0 Å². The predicted molar refractivity (Wildman–Crippen MR) is 209 cm³/mol. The molecule has 2 aliphatic heterocycles. The molecule has 0 bridgehead atoms. The van der Waals surface area contributed by atoms with Crippen LogP contribution >= 0.6 is 16.1 Å². The number of rotatable bonds is 21. The number of aryl methyl sites for hydroxylation is 2. The lowest BCUT2D eigenvalue weighted by Crippen LogP contribution is -2.57. The van der Waals surface area contributed by atoms with Gasteiger partial charge in [-0.05, 0) is 26.0 Å². The molecule has 2 fully saturated rings. The van der Waals surface area contributed by atoms with Gasteiger partial charge in [0, 0.05) is 40.7 Å². The number of hydrogen-bond donors (Lipinski definition) is 4. The lowest BCUT2D eigenvalue weighted by Gasteiger charge is -2.45. The van der Waals surface area contributed by atoms with Gasteiger partial charge >= 0.3 is 39.4 Å². The molecule has 28 heteroatoms. The normalized spacial score (nSPS) is 21.5. The first-order chi connectivity index (χ1) is 29.8. The second-order valence-corrected chi connectivity index (χ2v) is 15.9. The molecule has 1 amide bonds. The molecular formula is C35H44N5O21P2+. The number of ether oxygens (including phenoxy) is 7. The van der Waals surface area contributed by atoms with E-state index in [9.17, 15) is 47.6 Å². The van der Waals surface area contributed by atoms with Crippen molar-refractivity contribution in [3.05, 3.63) is 82.9 Å². The van der Waals surface area contributed by atoms with Crippen molar-refractivity contribution in [2.45, 2.75) is 63.6 Å². The summed E-state index contributed by atoms with van der Waals surface area (Å²) < 4.78 is 79.0. The molecule has 2 aromatic heterocycles. The third kappa shape index (κ3) is 11.7. The molecule has 3 aromatic rings. The minimum atomic E-state index is -5.18. The molecule has 8 atom stereocenters. The fourth-order valence-corrected chi connectivity index (χ4v) is 7.39. The highest BCUT2D eigenvalue weighted by Gasteiger charge is 2.52. The molecule has 4 heterocycles. The van der Waals surface area contributed by atoms with Crippen LogP contribution < -0.4 is 36.7 Å². The van der Waals surface area contributed by atoms with E-state index in [-0.39, 0.29) is 47.1 Å². The van der Waals surface area contributed by atoms with Crippen molar-refractivity contribution in [3.8, 4) is 17.2 Å². The molecule has 0 radical (unpaired) electrons. The number of likely N-dealkylation sites (N-methyl/N-ethyl adjacent to an activating group) is 1. The maximum atomic E-state index is 13.3. The number of methoxy groups -OCH3 is 3. The Hall–Kier alpha value is -5.56. The number of aromatic amines is 2. The number of carbonyl (C=O) groups excluding carboxylic acids is 3. The third-order valence-electron chi connectivity index (χ3n) is 9.52. The Balaban J connectivity index is 1.20. The second-order valence-electron chi connectivity index (χ2n) is 13.8. The van der Waals surface area contributed by atoms with Crippen LogP contribution in [0.1, 0.15) is 46.8 Å². The van der Waals surface area contributed by atoms with Gasteiger partial charge in [-0.25, -0.2) is 14.2 Å². The van der Waals surface area contributed by atoms with E-state index in [4.69, 9.17) is 47.1 Å². The van der Waals surface area contributed by atoms with Crippen molar-refractivity contribution < 1.29 is 80.0 Å². The number of phosphoric acid groups is 1. The van der Waals surface area contributed by atoms with E-state index >= 15 is 0 Å². The van der Waals surface area contributed by atoms with Gasteiger partial charge in [0.25, 0.3) is 17.0 Å². The Morgan fingerprint density at radius 3 is 1.89 bits per heavy atom. The minimum absolute atomic E-state index is 0.0433. The van der Waals surface area contributed by atoms with Crippen molar-refractivity contribution in [1.29, 1.82) is 0 Å². The topological polar surface area (TPSA) is 331 Å². The maximum absolute atomic E-state index is 13.3. The smallest absolute Gasteiger partial charge is 0.493 e. The number of H-pyrrole nitrogens is 2. The molecule has 344 valence electrons. The van der Waals surface area contributed by atoms with Gasteiger partial charge in [-0.1, -0.05) is 0 Å². The number of nitrogens with one attached hydrogen (secondary N) is 2. The Bertz CT molecular complexity index is 2480. The first-order valence-electron chi connectivity index (χ1n) is 18.6. The largest absolute Gasteiger partial charge is 0.694 e. The van der Waals surface area contributed by atoms with Gasteiger partial charge in [0.2, 0.25) is 5.75 Å². The predicted octanol–water partition coefficient (Wildman–Crippen LogP) is -0.300. The fraction of sp³-hybridized carbons (Fsp3) is 0.514. The zero-order chi connectivity index (χ0) is 46.3. The van der Waals surface area contributed by atoms with Crippen LogP contribution in [0.5, 0.6) is 17.2 Å². The van der Waals surface area contributed by atoms with Crippen LogP contribution in [0.25, 0.3) is 0 Å². The number of phosphoric ester groups is 1. The summed E-state index contributed by atoms with van der Waals surface area (Å²) >= 11 is 0. The van der Waals surface area contributed by atoms with Crippen LogP contribution in [0.4, 0.5) is 0 Å². The number of nitrogens with zero attached hydrogens (tertiary/aromatic N) is 3. The van der Waals surface area contributed by atoms with Gasteiger partial charge in [-0.3, -0.25) is 52.1 Å². The van der Waals surface area contributed by atoms with Crippen molar-refractivity contribution in [3.63, 3.8) is 0 Å². The summed E-state index contributed by atoms with van der Waals surface area (Å²) in [6, 6.07) is 2.91. The number of benzene rings is 1. The number of esters is 2. The summed E-state index contributed by atoms with van der Waals surface area (Å²) in [5, 5.41) is 0. The Labute approximate surface area is 356 Å². The van der Waals surface area contributed by atoms with E-state index in [1.807, 2.05) is 4.98 Å². The standard InChI is InChI=1S/C35H43N5O21P2/c1-17-13-39(34(46)36-29(17)43)32-27(60-25(42)8-7-24(41)55-10-9-38(3)31(45)19-11-20(52-4)26(54-6)21(12-19)53-5)23(59-32)16-57-63(50,51)61-28-22(15-56-62(48)49)58-33(28)40-14-18(2)30(44)37-35(40)47/h11-14,22-23,27-28,32-33H,7-10,15-16H2,1-6H3,(H3-,36,37,43,44,46,47,48,49,50,51)/p+1. The van der Waals surface area contributed by atoms with Crippen LogP contribution in [-0.2, 0) is 51.2 Å². The van der Waals surface area contributed by atoms with Crippen molar-refractivity contribution in [2.75, 3.05) is 54.7 Å². The quantitative estimate of drug-likeness (QED) is 0.0787. The van der Waals surface area contributed by atoms with Gasteiger partial charge in [-0.2, -0.15) is 0 Å². The van der Waals surface area contributed by atoms with Gasteiger partial charge in [0.15, 0.2) is 30.1 Å². The zero-order valence-electron chi connectivity index (χ0n) is 34.4. The lowest BCUT2D eigenvalue weighted by atomic mass is 10.1. The molecule has 5 rings (SSSR count). The summed E-state index contributed by atoms with van der Waals surface area (Å²) in [6.07, 6.45) is -7.25. The molecule has 1 aromatic carbocycles. The number of hydrogen-bond acceptors (Lipinski definition) is 19. The summed E-state index contributed by atoms with van der Waals surface area (Å²) in [6.45, 7) is 1.00. The molecule has 2 aliphatic rings. The molecule has 26 nitrogen and oxygen atoms in total. The molecule has 63 heavy (non-hydrogen) atoms. The number of amides is 1. The van der Waals surface area contributed by atoms with Crippen LogP contribution in [-0.4, -0.2) is 131 Å². The van der Waals surface area contributed by atoms with Crippen LogP contribution in [0.2, 0.25) is 0 Å². The first-order valence-corrected chi connectivity index (χ1v) is 21.2. The molecule has 0 saturated carbocycles. The van der Waals surface area contributed by atoms with Crippen LogP contribution in [0.3, 0.4) is 0 Å². The van der Waals surface area contributed by atoms with Crippen molar-refractivity contribution >= 4 is 33.9 Å². The average molecular weight is 933 g/mol. The molecule has 0 spiro atoms. The highest BCUT2D eigenvalue weighted by atomic mass is 31.2. The van der Waals surface area contributed by atoms with Gasteiger partial charge in [0.05, 0.1) is 47.3 Å². The van der Waals surface area contributed by atoms with E-state index in [1.54, 1.807) is 0 Å². The van der Waals surface area contributed by atoms with E-state index in [0.29, 0.717) is 0 Å². The zero-order valence-corrected chi connectivity index (χ0v) is 36.2. The number of carbonyl (C=O) groups is 3. The first kappa shape index (κ1) is 48.5. The second kappa shape index (κ2) is 20.7. The Kier molecular flexibility index (Phi) is 16.0. The minimum Gasteiger partial charge on any atom is -0.493 e. The summed E-state index contributed by atoms with van der Waals surface area (Å²) in [5.74, 6) is -1.50. The van der Waals surface area contributed by atoms with Crippen LogP contribution in [0, 0.1) is 13.8 Å².